The second-order valence-electron chi connectivity index (χ2n) is 30.7. The normalized spacial score (nSPS) is 19.4. The predicted molar refractivity (Wildman–Crippen MR) is 392 cm³/mol. The van der Waals surface area contributed by atoms with Crippen molar-refractivity contribution in [2.24, 2.45) is 0 Å². The summed E-state index contributed by atoms with van der Waals surface area (Å²) in [6.45, 7) is 59.7. The zero-order valence-corrected chi connectivity index (χ0v) is 65.8. The Labute approximate surface area is 549 Å². The molecule has 0 N–H and O–H groups in total. The van der Waals surface area contributed by atoms with E-state index in [0.717, 1.165) is 103 Å². The van der Waals surface area contributed by atoms with Crippen molar-refractivity contribution in [3.8, 4) is 6.07 Å². The van der Waals surface area contributed by atoms with Gasteiger partial charge in [0.2, 0.25) is 0 Å². The molecule has 12 heteroatoms. The van der Waals surface area contributed by atoms with Crippen molar-refractivity contribution in [2.75, 3.05) is 19.8 Å². The fourth-order valence-electron chi connectivity index (χ4n) is 9.19. The molecule has 0 amide bonds. The van der Waals surface area contributed by atoms with Gasteiger partial charge in [-0.05, 0) is 246 Å². The lowest BCUT2D eigenvalue weighted by Gasteiger charge is -2.44. The first-order valence-corrected chi connectivity index (χ1v) is 43.9. The van der Waals surface area contributed by atoms with E-state index in [9.17, 15) is 5.26 Å². The van der Waals surface area contributed by atoms with Crippen LogP contribution in [0.15, 0.2) is 116 Å². The summed E-state index contributed by atoms with van der Waals surface area (Å²) in [4.78, 5) is 0. The van der Waals surface area contributed by atoms with Crippen molar-refractivity contribution in [3.63, 3.8) is 0 Å². The van der Waals surface area contributed by atoms with Crippen LogP contribution in [0.25, 0.3) is 0 Å². The number of rotatable bonds is 42. The van der Waals surface area contributed by atoms with Gasteiger partial charge in [0.1, 0.15) is 18.3 Å². The maximum Gasteiger partial charge on any atom is 0.335 e. The predicted octanol–water partition coefficient (Wildman–Crippen LogP) is 25.2. The van der Waals surface area contributed by atoms with Crippen LogP contribution in [0.4, 0.5) is 0 Å². The first-order chi connectivity index (χ1) is 40.8. The Morgan fingerprint density at radius 2 is 0.750 bits per heavy atom. The Morgan fingerprint density at radius 1 is 0.443 bits per heavy atom. The van der Waals surface area contributed by atoms with Crippen molar-refractivity contribution in [1.29, 1.82) is 5.26 Å². The Morgan fingerprint density at radius 3 is 1.06 bits per heavy atom. The molecule has 1 unspecified atom stereocenters. The maximum atomic E-state index is 9.45. The molecule has 0 aromatic carbocycles. The monoisotopic (exact) mass is 1290 g/mol. The minimum Gasteiger partial charge on any atom is -0.414 e. The van der Waals surface area contributed by atoms with Crippen LogP contribution in [0.2, 0.25) is 54.4 Å². The van der Waals surface area contributed by atoms with Crippen molar-refractivity contribution in [3.05, 3.63) is 116 Å². The lowest BCUT2D eigenvalue weighted by Crippen LogP contribution is -2.55. The minimum atomic E-state index is -2.38. The molecule has 0 saturated carbocycles. The summed E-state index contributed by atoms with van der Waals surface area (Å²) in [6.07, 6.45) is 42.1. The molecule has 1 heterocycles. The Hall–Kier alpha value is -2.31. The molecule has 0 spiro atoms. The van der Waals surface area contributed by atoms with Gasteiger partial charge in [0.05, 0.1) is 32.3 Å². The van der Waals surface area contributed by atoms with Crippen LogP contribution in [0.1, 0.15) is 260 Å². The Balaban J connectivity index is 2.72. The van der Waals surface area contributed by atoms with Gasteiger partial charge in [-0.3, -0.25) is 4.52 Å². The van der Waals surface area contributed by atoms with E-state index in [1.807, 2.05) is 0 Å². The first kappa shape index (κ1) is 83.7. The van der Waals surface area contributed by atoms with E-state index in [0.29, 0.717) is 13.2 Å². The summed E-state index contributed by atoms with van der Waals surface area (Å²) in [5.41, 5.74) is 14.6. The van der Waals surface area contributed by atoms with Crippen molar-refractivity contribution in [2.45, 2.75) is 339 Å². The van der Waals surface area contributed by atoms with E-state index < -0.39 is 58.2 Å². The average Bonchev–Trinajstić information content (AvgIpc) is 1.98. The van der Waals surface area contributed by atoms with Gasteiger partial charge in [-0.15, -0.1) is 0 Å². The third kappa shape index (κ3) is 36.2. The average molecular weight is 1290 g/mol. The zero-order valence-electron chi connectivity index (χ0n) is 61.9. The van der Waals surface area contributed by atoms with E-state index in [1.165, 1.54) is 68.6 Å². The molecule has 0 bridgehead atoms. The van der Waals surface area contributed by atoms with Crippen LogP contribution < -0.4 is 0 Å². The number of nitriles is 1. The molecule has 0 aromatic rings. The number of hydrogen-bond acceptors (Lipinski definition) is 8. The van der Waals surface area contributed by atoms with E-state index in [-0.39, 0.29) is 28.1 Å². The fourth-order valence-corrected chi connectivity index (χ4v) is 13.8. The molecule has 0 aliphatic carbocycles. The summed E-state index contributed by atoms with van der Waals surface area (Å²) in [7, 11) is -8.76. The van der Waals surface area contributed by atoms with Crippen LogP contribution >= 0.6 is 8.60 Å². The molecule has 8 nitrogen and oxygen atoms in total. The van der Waals surface area contributed by atoms with Crippen molar-refractivity contribution >= 4 is 33.6 Å². The lowest BCUT2D eigenvalue weighted by atomic mass is 10.0. The van der Waals surface area contributed by atoms with Crippen molar-refractivity contribution < 1.29 is 31.6 Å². The summed E-state index contributed by atoms with van der Waals surface area (Å²) in [6, 6.07) is 2.20. The molecule has 5 atom stereocenters. The van der Waals surface area contributed by atoms with E-state index in [1.54, 1.807) is 0 Å². The number of nitrogens with zero attached hydrogens (tertiary/aromatic N) is 1. The third-order valence-electron chi connectivity index (χ3n) is 18.7. The van der Waals surface area contributed by atoms with E-state index >= 15 is 0 Å². The van der Waals surface area contributed by atoms with E-state index in [4.69, 9.17) is 31.6 Å². The van der Waals surface area contributed by atoms with Gasteiger partial charge in [-0.25, -0.2) is 0 Å². The second kappa shape index (κ2) is 42.1. The summed E-state index contributed by atoms with van der Waals surface area (Å²) >= 11 is 0. The van der Waals surface area contributed by atoms with Crippen LogP contribution in [0.3, 0.4) is 0 Å². The molecule has 1 aliphatic heterocycles. The van der Waals surface area contributed by atoms with Gasteiger partial charge >= 0.3 is 8.60 Å². The number of ether oxygens (including phenoxy) is 1. The van der Waals surface area contributed by atoms with Gasteiger partial charge < -0.3 is 27.1 Å². The first-order valence-electron chi connectivity index (χ1n) is 34.1. The van der Waals surface area contributed by atoms with Crippen LogP contribution in [0, 0.1) is 11.3 Å². The molecular weight excluding hydrogens is 1160 g/mol. The Bertz CT molecular complexity index is 2400. The topological polar surface area (TPSA) is 88.4 Å². The largest absolute Gasteiger partial charge is 0.414 e. The van der Waals surface area contributed by atoms with Crippen LogP contribution in [-0.4, -0.2) is 69.4 Å². The molecule has 0 radical (unpaired) electrons. The summed E-state index contributed by atoms with van der Waals surface area (Å²) in [5, 5.41) is 9.36. The number of hydrogen-bond donors (Lipinski definition) is 0. The van der Waals surface area contributed by atoms with Crippen LogP contribution in [-0.2, 0) is 31.6 Å². The molecule has 0 aromatic heterocycles. The molecule has 1 fully saturated rings. The molecule has 504 valence electrons. The highest BCUT2D eigenvalue weighted by Crippen LogP contribution is 2.49. The maximum absolute atomic E-state index is 9.45. The fraction of sp³-hybridized carbons (Fsp3) is 0.724. The smallest absolute Gasteiger partial charge is 0.335 e. The zero-order chi connectivity index (χ0) is 66.9. The van der Waals surface area contributed by atoms with Gasteiger partial charge in [-0.2, -0.15) is 5.26 Å². The number of allylic oxidation sites excluding steroid dienone is 19. The van der Waals surface area contributed by atoms with Gasteiger partial charge in [-0.1, -0.05) is 179 Å². The highest BCUT2D eigenvalue weighted by atomic mass is 31.2. The second-order valence-corrected chi connectivity index (χ2v) is 46.2. The highest BCUT2D eigenvalue weighted by Gasteiger charge is 2.55. The highest BCUT2D eigenvalue weighted by molar-refractivity contribution is 7.41. The third-order valence-corrected chi connectivity index (χ3v) is 33.3. The molecule has 88 heavy (non-hydrogen) atoms. The van der Waals surface area contributed by atoms with Gasteiger partial charge in [0, 0.05) is 0 Å². The van der Waals surface area contributed by atoms with Crippen LogP contribution in [0.5, 0.6) is 0 Å². The lowest BCUT2D eigenvalue weighted by molar-refractivity contribution is -0.119. The standard InChI is InChI=1S/C76H136NO7PSi3/c1-60(2)37-27-38-61(3)39-28-40-62(4)41-29-42-63(5)43-30-44-64(6)45-31-46-65(7)47-32-48-66(8)49-33-50-67(9)51-34-52-68(10)53-35-54-69(11)55-58-79-85(78-57-36-56-77)82-73-72(84-88(25,26)76(18,19)20)71(83-87(23,24)75(15,16)17)70(81-73)59-80-86(21,22)74(12,13)14/h37,39,41,43,45,47,49,51,53,55,70-73H,27-36,38,40,42,44,46,48,50,52,54,57-59H2,1-26H3/b61-39+,62-41-,63-43-,64-45-,65-47-,66-49-,67-51-,68-53-,69-55-/t70-,71-,72+,73-,85?/m1/s1/i73+2. The quantitative estimate of drug-likeness (QED) is 0.0259. The minimum absolute atomic E-state index is 0.0253. The summed E-state index contributed by atoms with van der Waals surface area (Å²) in [5.74, 6) is 0. The molecular formula is C76H136NO7PSi3. The molecule has 1 rings (SSSR count). The molecule has 1 aliphatic rings. The SMILES string of the molecule is CC(C)=CCC/C(C)=C/CC/C(C)=C\CC/C(C)=C\CC/C(C)=C\CC/C(C)=C\CC/C(C)=C\CC/C(C)=C\CC/C(C)=C\CC/C(C)=C\COP(OCCC#N)O[14C@H]1O[C@H](CO[Si](C)(C)C(C)(C)C)[C@@H](O[Si](C)(C)C(C)(C)C)[C@@H]1O[Si](C)(C)C(C)(C)C. The van der Waals surface area contributed by atoms with Crippen molar-refractivity contribution in [1.82, 2.24) is 0 Å². The van der Waals surface area contributed by atoms with E-state index in [2.05, 4.69) is 245 Å². The molecule has 1 saturated heterocycles. The van der Waals surface area contributed by atoms with Gasteiger partial charge in [0.25, 0.3) is 0 Å². The van der Waals surface area contributed by atoms with Gasteiger partial charge in [0.15, 0.2) is 31.2 Å². The summed E-state index contributed by atoms with van der Waals surface area (Å²) < 4.78 is 47.7. The Kier molecular flexibility index (Phi) is 40.1.